The van der Waals surface area contributed by atoms with Gasteiger partial charge in [-0.15, -0.1) is 23.2 Å². The first-order valence-electron chi connectivity index (χ1n) is 24.1. The van der Waals surface area contributed by atoms with Crippen molar-refractivity contribution in [1.29, 1.82) is 0 Å². The first-order chi connectivity index (χ1) is 37.4. The van der Waals surface area contributed by atoms with Gasteiger partial charge in [-0.3, -0.25) is 57.8 Å². The number of unbranched alkanes of at least 4 members (excludes halogenated alkanes) is 2. The minimum atomic E-state index is -5.42. The fourth-order valence-corrected chi connectivity index (χ4v) is 11.4. The van der Waals surface area contributed by atoms with Crippen LogP contribution in [0.25, 0.3) is 33.7 Å². The molecule has 416 valence electrons. The third-order valence-corrected chi connectivity index (χ3v) is 15.1. The highest BCUT2D eigenvalue weighted by Gasteiger charge is 2.37. The topological polar surface area (TPSA) is 336 Å². The third kappa shape index (κ3) is 14.3. The molecule has 0 spiro atoms. The Kier molecular flexibility index (Phi) is 18.1. The van der Waals surface area contributed by atoms with Crippen LogP contribution in [-0.2, 0) is 47.0 Å². The molecule has 3 aliphatic rings. The number of phosphoric acid groups is 3. The minimum Gasteiger partial charge on any atom is -0.404 e. The van der Waals surface area contributed by atoms with Gasteiger partial charge in [-0.2, -0.15) is 0 Å². The molecule has 0 aliphatic carbocycles. The molecule has 23 nitrogen and oxygen atoms in total. The Hall–Kier alpha value is -6.55. The lowest BCUT2D eigenvalue weighted by Gasteiger charge is -2.20. The number of alkyl halides is 2. The van der Waals surface area contributed by atoms with Gasteiger partial charge in [0.25, 0.3) is 29.5 Å². The number of carbonyl (C=O) groups is 6. The summed E-state index contributed by atoms with van der Waals surface area (Å²) in [5.74, 6) is -5.01. The molecule has 0 aromatic heterocycles. The molecule has 0 saturated heterocycles. The number of nitrogens with one attached hydrogen (secondary N) is 2. The minimum absolute atomic E-state index is 0.0412. The van der Waals surface area contributed by atoms with Crippen molar-refractivity contribution in [3.63, 3.8) is 0 Å². The fourth-order valence-electron chi connectivity index (χ4n) is 9.58. The number of hydrogen-bond acceptors (Lipinski definition) is 12. The molecular weight excluding hydrogens is 1130 g/mol. The van der Waals surface area contributed by atoms with E-state index in [0.717, 1.165) is 23.1 Å². The van der Waals surface area contributed by atoms with E-state index in [1.54, 1.807) is 48.5 Å². The van der Waals surface area contributed by atoms with E-state index in [2.05, 4.69) is 10.6 Å². The van der Waals surface area contributed by atoms with Gasteiger partial charge in [0, 0.05) is 103 Å². The smallest absolute Gasteiger partial charge is 0.404 e. The number of imide groups is 1. The molecule has 28 heteroatoms. The lowest BCUT2D eigenvalue weighted by molar-refractivity contribution is -0.137. The molecule has 5 aromatic carbocycles. The first-order valence-corrected chi connectivity index (χ1v) is 29.8. The fraction of sp³-hybridized carbons (Fsp3) is 0.255. The zero-order valence-corrected chi connectivity index (χ0v) is 45.5. The Morgan fingerprint density at radius 3 is 1.66 bits per heavy atom. The van der Waals surface area contributed by atoms with Crippen molar-refractivity contribution in [2.24, 2.45) is 0 Å². The Bertz CT molecular complexity index is 3510. The standard InChI is InChI=1S/C51H50Cl2N5O18P3/c52-25-32-28-57(39-23-41(74-77(65,66)67)34-8-3-5-10-36(34)49(32)39)47(62)17-14-30-13-15-31(16-18-48(63)58-29-33(26-53)50-37-11-6-4-9-35(37)42(24-40(50)58)75-78(68,69)70)38(22-30)55-51(64)43(76-79(71,72)73)27-54-44(59)12-2-1-7-21-56-45(60)19-20-46(56)61/h3-6,8-11,13-20,22-24,32-33,43H,1-2,7,12,21,25-29H2,(H,54,59)(H,55,64)(H2,65,66,67)(H2,68,69,70)(H2,71,72,73)/b17-14+,18-16+/t32-,33-,43?/m1/s1. The van der Waals surface area contributed by atoms with Crippen molar-refractivity contribution in [1.82, 2.24) is 10.2 Å². The second kappa shape index (κ2) is 24.4. The molecular formula is C51H50Cl2N5O18P3. The Morgan fingerprint density at radius 2 is 1.16 bits per heavy atom. The van der Waals surface area contributed by atoms with Gasteiger partial charge >= 0.3 is 23.5 Å². The maximum atomic E-state index is 14.2. The average molecular weight is 1180 g/mol. The summed E-state index contributed by atoms with van der Waals surface area (Å²) in [5.41, 5.74) is 2.09. The number of halogens is 2. The average Bonchev–Trinajstić information content (AvgIpc) is 4.24. The molecule has 3 heterocycles. The number of rotatable bonds is 22. The second-order valence-electron chi connectivity index (χ2n) is 18.3. The Labute approximate surface area is 460 Å². The predicted molar refractivity (Wildman–Crippen MR) is 292 cm³/mol. The summed E-state index contributed by atoms with van der Waals surface area (Å²) in [4.78, 5) is 141. The quantitative estimate of drug-likeness (QED) is 0.0117. The van der Waals surface area contributed by atoms with Gasteiger partial charge in [-0.1, -0.05) is 67.1 Å². The zero-order valence-electron chi connectivity index (χ0n) is 41.3. The van der Waals surface area contributed by atoms with E-state index in [9.17, 15) is 71.8 Å². The van der Waals surface area contributed by atoms with E-state index in [0.29, 0.717) is 45.5 Å². The number of amides is 6. The lowest BCUT2D eigenvalue weighted by atomic mass is 9.95. The third-order valence-electron chi connectivity index (χ3n) is 13.0. The SMILES string of the molecule is O=C(CCCCCN1C(=O)C=CC1=O)NCC(OP(=O)(O)O)C(=O)Nc1cc(/C=C/C(=O)N2C[C@@H](CCl)c3c2cc(OP(=O)(O)O)c2ccccc32)ccc1/C=C/C(=O)N1C[C@@H](CCl)c2c1cc(OP(=O)(O)O)c1ccccc21. The summed E-state index contributed by atoms with van der Waals surface area (Å²) in [6.45, 7) is -0.477. The Balaban J connectivity index is 1.07. The monoisotopic (exact) mass is 1180 g/mol. The van der Waals surface area contributed by atoms with Gasteiger partial charge in [-0.25, -0.2) is 13.7 Å². The van der Waals surface area contributed by atoms with Crippen LogP contribution in [0.5, 0.6) is 11.5 Å². The van der Waals surface area contributed by atoms with Crippen molar-refractivity contribution in [3.8, 4) is 11.5 Å². The summed E-state index contributed by atoms with van der Waals surface area (Å²) < 4.78 is 51.2. The van der Waals surface area contributed by atoms with Gasteiger partial charge in [0.1, 0.15) is 11.5 Å². The lowest BCUT2D eigenvalue weighted by Crippen LogP contribution is -2.41. The van der Waals surface area contributed by atoms with E-state index in [1.807, 2.05) is 0 Å². The van der Waals surface area contributed by atoms with Gasteiger partial charge in [0.05, 0.1) is 17.9 Å². The van der Waals surface area contributed by atoms with Crippen LogP contribution in [0.3, 0.4) is 0 Å². The molecule has 3 atom stereocenters. The normalized spacial score (nSPS) is 16.8. The molecule has 0 saturated carbocycles. The summed E-state index contributed by atoms with van der Waals surface area (Å²) in [5, 5.41) is 6.80. The summed E-state index contributed by atoms with van der Waals surface area (Å²) in [7, 11) is -15.6. The van der Waals surface area contributed by atoms with Gasteiger partial charge < -0.3 is 39.3 Å². The zero-order chi connectivity index (χ0) is 57.0. The summed E-state index contributed by atoms with van der Waals surface area (Å²) in [6, 6.07) is 20.3. The highest BCUT2D eigenvalue weighted by atomic mass is 35.5. The number of fused-ring (bicyclic) bond motifs is 6. The van der Waals surface area contributed by atoms with E-state index < -0.39 is 83.4 Å². The van der Waals surface area contributed by atoms with Crippen LogP contribution in [0.4, 0.5) is 17.1 Å². The molecule has 0 radical (unpaired) electrons. The summed E-state index contributed by atoms with van der Waals surface area (Å²) in [6.07, 6.45) is 6.30. The van der Waals surface area contributed by atoms with Crippen molar-refractivity contribution in [3.05, 3.63) is 125 Å². The van der Waals surface area contributed by atoms with Crippen LogP contribution in [0.1, 0.15) is 59.8 Å². The van der Waals surface area contributed by atoms with Crippen molar-refractivity contribution in [2.45, 2.75) is 43.6 Å². The molecule has 6 amide bonds. The number of benzene rings is 5. The first kappa shape index (κ1) is 58.6. The van der Waals surface area contributed by atoms with E-state index in [1.165, 1.54) is 58.4 Å². The molecule has 1 unspecified atom stereocenters. The number of nitrogens with zero attached hydrogens (tertiary/aromatic N) is 3. The number of anilines is 3. The molecule has 3 aliphatic heterocycles. The van der Waals surface area contributed by atoms with Gasteiger partial charge in [0.2, 0.25) is 5.91 Å². The molecule has 5 aromatic rings. The van der Waals surface area contributed by atoms with Crippen LogP contribution in [0.15, 0.2) is 103 Å². The molecule has 8 N–H and O–H groups in total. The predicted octanol–water partition coefficient (Wildman–Crippen LogP) is 6.72. The van der Waals surface area contributed by atoms with E-state index >= 15 is 0 Å². The van der Waals surface area contributed by atoms with Crippen LogP contribution in [-0.4, -0.2) is 114 Å². The highest BCUT2D eigenvalue weighted by Crippen LogP contribution is 2.51. The number of carbonyl (C=O) groups excluding carboxylic acids is 6. The molecule has 0 fully saturated rings. The Morgan fingerprint density at radius 1 is 0.658 bits per heavy atom. The van der Waals surface area contributed by atoms with Crippen molar-refractivity contribution >= 4 is 133 Å². The van der Waals surface area contributed by atoms with Crippen LogP contribution in [0, 0.1) is 0 Å². The van der Waals surface area contributed by atoms with Crippen LogP contribution >= 0.6 is 46.7 Å². The molecule has 8 rings (SSSR count). The maximum Gasteiger partial charge on any atom is 0.524 e. The second-order valence-corrected chi connectivity index (χ2v) is 22.5. The van der Waals surface area contributed by atoms with Crippen molar-refractivity contribution < 1.29 is 85.4 Å². The highest BCUT2D eigenvalue weighted by molar-refractivity contribution is 7.47. The molecule has 0 bridgehead atoms. The largest absolute Gasteiger partial charge is 0.524 e. The number of phosphoric ester groups is 3. The van der Waals surface area contributed by atoms with Gasteiger partial charge in [0.15, 0.2) is 6.10 Å². The molecule has 79 heavy (non-hydrogen) atoms. The maximum absolute atomic E-state index is 14.2. The summed E-state index contributed by atoms with van der Waals surface area (Å²) >= 11 is 12.8. The number of hydrogen-bond donors (Lipinski definition) is 8. The van der Waals surface area contributed by atoms with E-state index in [4.69, 9.17) is 36.8 Å². The van der Waals surface area contributed by atoms with Crippen LogP contribution < -0.4 is 29.5 Å². The van der Waals surface area contributed by atoms with Crippen molar-refractivity contribution in [2.75, 3.05) is 53.1 Å². The van der Waals surface area contributed by atoms with E-state index in [-0.39, 0.29) is 83.9 Å². The van der Waals surface area contributed by atoms with Crippen LogP contribution in [0.2, 0.25) is 0 Å². The van der Waals surface area contributed by atoms with Gasteiger partial charge in [-0.05, 0) is 64.1 Å².